The molecular weight excluding hydrogens is 396 g/mol. The van der Waals surface area contributed by atoms with Crippen LogP contribution in [0.1, 0.15) is 77.6 Å². The average molecular weight is 439 g/mol. The Bertz CT molecular complexity index is 811. The zero-order chi connectivity index (χ0) is 24.0. The summed E-state index contributed by atoms with van der Waals surface area (Å²) in [4.78, 5) is 4.73. The Morgan fingerprint density at radius 1 is 0.594 bits per heavy atom. The van der Waals surface area contributed by atoms with E-state index in [0.29, 0.717) is 48.8 Å². The summed E-state index contributed by atoms with van der Waals surface area (Å²) in [5, 5.41) is 20.8. The van der Waals surface area contributed by atoms with Crippen molar-refractivity contribution in [1.29, 1.82) is 0 Å². The van der Waals surface area contributed by atoms with Gasteiger partial charge >= 0.3 is 0 Å². The lowest BCUT2D eigenvalue weighted by Gasteiger charge is -2.30. The van der Waals surface area contributed by atoms with E-state index in [1.165, 1.54) is 0 Å². The van der Waals surface area contributed by atoms with Crippen LogP contribution in [0.2, 0.25) is 0 Å². The monoisotopic (exact) mass is 438 g/mol. The quantitative estimate of drug-likeness (QED) is 0.415. The van der Waals surface area contributed by atoms with Crippen LogP contribution in [0.25, 0.3) is 12.2 Å². The SMILES string of the molecule is CC(C)N(Cc1cc(/C=C\c2ccc(O)c(CN(C(C)C)C(C)C)c2)ccc1O)C(C)C. The molecule has 0 radical (unpaired) electrons. The molecule has 0 aliphatic rings. The third-order valence-corrected chi connectivity index (χ3v) is 6.03. The summed E-state index contributed by atoms with van der Waals surface area (Å²) in [6.07, 6.45) is 4.13. The second kappa shape index (κ2) is 11.5. The molecular formula is C28H42N2O2. The largest absolute Gasteiger partial charge is 0.508 e. The van der Waals surface area contributed by atoms with E-state index >= 15 is 0 Å². The normalized spacial score (nSPS) is 12.6. The van der Waals surface area contributed by atoms with Gasteiger partial charge in [0.1, 0.15) is 11.5 Å². The molecule has 2 N–H and O–H groups in total. The molecule has 0 fully saturated rings. The molecule has 4 nitrogen and oxygen atoms in total. The number of phenolic OH excluding ortho intramolecular Hbond substituents is 2. The first-order chi connectivity index (χ1) is 15.0. The lowest BCUT2D eigenvalue weighted by Crippen LogP contribution is -2.36. The molecule has 0 saturated carbocycles. The molecule has 0 amide bonds. The topological polar surface area (TPSA) is 46.9 Å². The molecule has 32 heavy (non-hydrogen) atoms. The van der Waals surface area contributed by atoms with Gasteiger partial charge in [-0.3, -0.25) is 9.80 Å². The van der Waals surface area contributed by atoms with Crippen LogP contribution in [-0.4, -0.2) is 44.2 Å². The molecule has 0 aliphatic heterocycles. The number of aromatic hydroxyl groups is 2. The van der Waals surface area contributed by atoms with E-state index < -0.39 is 0 Å². The Morgan fingerprint density at radius 3 is 1.19 bits per heavy atom. The molecule has 0 spiro atoms. The van der Waals surface area contributed by atoms with Crippen LogP contribution in [0.4, 0.5) is 0 Å². The fraction of sp³-hybridized carbons (Fsp3) is 0.500. The molecule has 0 bridgehead atoms. The standard InChI is InChI=1S/C28H42N2O2/c1-19(2)29(20(3)4)17-25-15-23(11-13-27(25)31)9-10-24-12-14-28(32)26(16-24)18-30(21(5)6)22(7)8/h9-16,19-22,31-32H,17-18H2,1-8H3/b10-9-. The minimum atomic E-state index is 0.336. The molecule has 2 aromatic carbocycles. The molecule has 2 aromatic rings. The van der Waals surface area contributed by atoms with Gasteiger partial charge in [-0.25, -0.2) is 0 Å². The zero-order valence-corrected chi connectivity index (χ0v) is 21.1. The number of rotatable bonds is 10. The minimum absolute atomic E-state index is 0.336. The van der Waals surface area contributed by atoms with Crippen molar-refractivity contribution in [1.82, 2.24) is 9.80 Å². The first-order valence-electron chi connectivity index (χ1n) is 11.8. The molecule has 0 heterocycles. The van der Waals surface area contributed by atoms with Gasteiger partial charge in [0, 0.05) is 48.4 Å². The highest BCUT2D eigenvalue weighted by atomic mass is 16.3. The first kappa shape index (κ1) is 26.0. The number of hydrogen-bond acceptors (Lipinski definition) is 4. The summed E-state index contributed by atoms with van der Waals surface area (Å²) < 4.78 is 0. The maximum Gasteiger partial charge on any atom is 0.120 e. The molecule has 0 atom stereocenters. The lowest BCUT2D eigenvalue weighted by molar-refractivity contribution is 0.164. The summed E-state index contributed by atoms with van der Waals surface area (Å²) in [6, 6.07) is 13.2. The van der Waals surface area contributed by atoms with Crippen molar-refractivity contribution >= 4 is 12.2 Å². The van der Waals surface area contributed by atoms with Crippen molar-refractivity contribution in [3.63, 3.8) is 0 Å². The number of nitrogens with zero attached hydrogens (tertiary/aromatic N) is 2. The van der Waals surface area contributed by atoms with Crippen LogP contribution in [0, 0.1) is 0 Å². The zero-order valence-electron chi connectivity index (χ0n) is 21.1. The molecule has 2 rings (SSSR count). The Hall–Kier alpha value is -2.30. The van der Waals surface area contributed by atoms with Gasteiger partial charge in [-0.05, 0) is 90.8 Å². The van der Waals surface area contributed by atoms with Gasteiger partial charge in [0.2, 0.25) is 0 Å². The van der Waals surface area contributed by atoms with E-state index in [0.717, 1.165) is 22.3 Å². The number of phenols is 2. The highest BCUT2D eigenvalue weighted by Crippen LogP contribution is 2.26. The van der Waals surface area contributed by atoms with Crippen LogP contribution in [0.5, 0.6) is 11.5 Å². The second-order valence-corrected chi connectivity index (χ2v) is 9.83. The Kier molecular flexibility index (Phi) is 9.35. The Labute approximate surface area is 195 Å². The van der Waals surface area contributed by atoms with Crippen molar-refractivity contribution in [2.75, 3.05) is 0 Å². The predicted molar refractivity (Wildman–Crippen MR) is 137 cm³/mol. The molecule has 0 unspecified atom stereocenters. The fourth-order valence-corrected chi connectivity index (χ4v) is 4.18. The van der Waals surface area contributed by atoms with E-state index in [2.05, 4.69) is 89.5 Å². The fourth-order valence-electron chi connectivity index (χ4n) is 4.18. The van der Waals surface area contributed by atoms with Gasteiger partial charge < -0.3 is 10.2 Å². The lowest BCUT2D eigenvalue weighted by atomic mass is 10.0. The average Bonchev–Trinajstić information content (AvgIpc) is 2.70. The van der Waals surface area contributed by atoms with Crippen LogP contribution in [-0.2, 0) is 13.1 Å². The molecule has 176 valence electrons. The number of benzene rings is 2. The van der Waals surface area contributed by atoms with Crippen molar-refractivity contribution in [3.05, 3.63) is 58.7 Å². The van der Waals surface area contributed by atoms with Crippen LogP contribution in [0.3, 0.4) is 0 Å². The van der Waals surface area contributed by atoms with E-state index in [1.54, 1.807) is 12.1 Å². The van der Waals surface area contributed by atoms with Gasteiger partial charge in [-0.1, -0.05) is 24.3 Å². The Balaban J connectivity index is 2.24. The van der Waals surface area contributed by atoms with Crippen molar-refractivity contribution < 1.29 is 10.2 Å². The maximum atomic E-state index is 10.4. The number of hydrogen-bond donors (Lipinski definition) is 2. The smallest absolute Gasteiger partial charge is 0.120 e. The van der Waals surface area contributed by atoms with Gasteiger partial charge in [-0.2, -0.15) is 0 Å². The summed E-state index contributed by atoms with van der Waals surface area (Å²) in [5.74, 6) is 0.672. The van der Waals surface area contributed by atoms with Crippen LogP contribution >= 0.6 is 0 Å². The van der Waals surface area contributed by atoms with Gasteiger partial charge in [0.05, 0.1) is 0 Å². The maximum absolute atomic E-state index is 10.4. The third-order valence-electron chi connectivity index (χ3n) is 6.03. The highest BCUT2D eigenvalue weighted by molar-refractivity contribution is 5.71. The van der Waals surface area contributed by atoms with Crippen LogP contribution < -0.4 is 0 Å². The van der Waals surface area contributed by atoms with Crippen LogP contribution in [0.15, 0.2) is 36.4 Å². The first-order valence-corrected chi connectivity index (χ1v) is 11.8. The van der Waals surface area contributed by atoms with E-state index in [1.807, 2.05) is 12.1 Å². The second-order valence-electron chi connectivity index (χ2n) is 9.83. The van der Waals surface area contributed by atoms with Crippen molar-refractivity contribution in [2.24, 2.45) is 0 Å². The molecule has 4 heteroatoms. The van der Waals surface area contributed by atoms with E-state index in [4.69, 9.17) is 0 Å². The van der Waals surface area contributed by atoms with Gasteiger partial charge in [-0.15, -0.1) is 0 Å². The molecule has 0 aromatic heterocycles. The Morgan fingerprint density at radius 2 is 0.906 bits per heavy atom. The molecule has 0 saturated heterocycles. The van der Waals surface area contributed by atoms with E-state index in [9.17, 15) is 10.2 Å². The van der Waals surface area contributed by atoms with Crippen molar-refractivity contribution in [3.8, 4) is 11.5 Å². The van der Waals surface area contributed by atoms with Gasteiger partial charge in [0.15, 0.2) is 0 Å². The summed E-state index contributed by atoms with van der Waals surface area (Å²) >= 11 is 0. The summed E-state index contributed by atoms with van der Waals surface area (Å²) in [5.41, 5.74) is 3.97. The molecule has 0 aliphatic carbocycles. The van der Waals surface area contributed by atoms with E-state index in [-0.39, 0.29) is 0 Å². The summed E-state index contributed by atoms with van der Waals surface area (Å²) in [7, 11) is 0. The third kappa shape index (κ3) is 7.11. The predicted octanol–water partition coefficient (Wildman–Crippen LogP) is 6.51. The van der Waals surface area contributed by atoms with Gasteiger partial charge in [0.25, 0.3) is 0 Å². The highest BCUT2D eigenvalue weighted by Gasteiger charge is 2.17. The summed E-state index contributed by atoms with van der Waals surface area (Å²) in [6.45, 7) is 18.9. The van der Waals surface area contributed by atoms with Crippen molar-refractivity contribution in [2.45, 2.75) is 92.6 Å². The minimum Gasteiger partial charge on any atom is -0.508 e.